The quantitative estimate of drug-likeness (QED) is 0.842. The lowest BCUT2D eigenvalue weighted by molar-refractivity contribution is -0.121. The molecule has 0 unspecified atom stereocenters. The summed E-state index contributed by atoms with van der Waals surface area (Å²) in [7, 11) is 1.54. The van der Waals surface area contributed by atoms with Crippen molar-refractivity contribution in [2.24, 2.45) is 0 Å². The van der Waals surface area contributed by atoms with E-state index in [4.69, 9.17) is 32.7 Å². The summed E-state index contributed by atoms with van der Waals surface area (Å²) in [5.74, 6) is 0.288. The van der Waals surface area contributed by atoms with E-state index in [2.05, 4.69) is 10.6 Å². The SMILES string of the molecule is COc1ccc(NC(=O)NC(=O)COc2cccc(Cl)c2Cl)cc1. The highest BCUT2D eigenvalue weighted by Crippen LogP contribution is 2.31. The molecular formula is C16H14Cl2N2O4. The molecule has 0 heterocycles. The van der Waals surface area contributed by atoms with Crippen LogP contribution < -0.4 is 20.1 Å². The molecule has 0 aliphatic heterocycles. The Balaban J connectivity index is 1.83. The van der Waals surface area contributed by atoms with E-state index in [0.717, 1.165) is 0 Å². The number of ether oxygens (including phenoxy) is 2. The van der Waals surface area contributed by atoms with Gasteiger partial charge in [-0.05, 0) is 36.4 Å². The van der Waals surface area contributed by atoms with Gasteiger partial charge in [0.05, 0.1) is 12.1 Å². The Morgan fingerprint density at radius 1 is 1.08 bits per heavy atom. The van der Waals surface area contributed by atoms with Crippen molar-refractivity contribution in [1.29, 1.82) is 0 Å². The summed E-state index contributed by atoms with van der Waals surface area (Å²) >= 11 is 11.8. The monoisotopic (exact) mass is 368 g/mol. The van der Waals surface area contributed by atoms with Crippen molar-refractivity contribution in [3.8, 4) is 11.5 Å². The molecular weight excluding hydrogens is 355 g/mol. The fourth-order valence-electron chi connectivity index (χ4n) is 1.74. The Bertz CT molecular complexity index is 735. The minimum atomic E-state index is -0.675. The van der Waals surface area contributed by atoms with Gasteiger partial charge in [-0.2, -0.15) is 0 Å². The molecule has 6 nitrogen and oxygen atoms in total. The Morgan fingerprint density at radius 3 is 2.46 bits per heavy atom. The van der Waals surface area contributed by atoms with E-state index in [9.17, 15) is 9.59 Å². The van der Waals surface area contributed by atoms with Crippen LogP contribution in [0.5, 0.6) is 11.5 Å². The van der Waals surface area contributed by atoms with Crippen molar-refractivity contribution in [3.05, 3.63) is 52.5 Å². The van der Waals surface area contributed by atoms with Gasteiger partial charge in [-0.25, -0.2) is 4.79 Å². The summed E-state index contributed by atoms with van der Waals surface area (Å²) in [5, 5.41) is 5.17. The number of carbonyl (C=O) groups excluding carboxylic acids is 2. The number of anilines is 1. The maximum absolute atomic E-state index is 11.7. The van der Waals surface area contributed by atoms with Gasteiger partial charge in [-0.15, -0.1) is 0 Å². The van der Waals surface area contributed by atoms with Crippen LogP contribution in [0.2, 0.25) is 10.0 Å². The molecule has 2 N–H and O–H groups in total. The lowest BCUT2D eigenvalue weighted by atomic mass is 10.3. The summed E-state index contributed by atoms with van der Waals surface area (Å²) in [4.78, 5) is 23.5. The number of hydrogen-bond donors (Lipinski definition) is 2. The molecule has 2 aromatic carbocycles. The molecule has 0 spiro atoms. The zero-order chi connectivity index (χ0) is 17.5. The second-order valence-electron chi connectivity index (χ2n) is 4.57. The number of hydrogen-bond acceptors (Lipinski definition) is 4. The third kappa shape index (κ3) is 5.04. The van der Waals surface area contributed by atoms with Crippen molar-refractivity contribution in [3.63, 3.8) is 0 Å². The molecule has 2 rings (SSSR count). The zero-order valence-corrected chi connectivity index (χ0v) is 14.1. The Labute approximate surface area is 148 Å². The Hall–Kier alpha value is -2.44. The van der Waals surface area contributed by atoms with E-state index in [1.807, 2.05) is 0 Å². The van der Waals surface area contributed by atoms with E-state index in [0.29, 0.717) is 16.5 Å². The smallest absolute Gasteiger partial charge is 0.325 e. The highest BCUT2D eigenvalue weighted by Gasteiger charge is 2.11. The number of imide groups is 1. The third-order valence-corrected chi connectivity index (χ3v) is 3.68. The molecule has 24 heavy (non-hydrogen) atoms. The van der Waals surface area contributed by atoms with Gasteiger partial charge in [0.2, 0.25) is 0 Å². The van der Waals surface area contributed by atoms with Crippen LogP contribution in [0, 0.1) is 0 Å². The molecule has 0 saturated heterocycles. The van der Waals surface area contributed by atoms with Crippen molar-refractivity contribution in [2.45, 2.75) is 0 Å². The molecule has 0 saturated carbocycles. The normalized spacial score (nSPS) is 9.96. The van der Waals surface area contributed by atoms with Gasteiger partial charge in [-0.3, -0.25) is 10.1 Å². The maximum atomic E-state index is 11.7. The number of methoxy groups -OCH3 is 1. The Kier molecular flexibility index (Phi) is 6.28. The zero-order valence-electron chi connectivity index (χ0n) is 12.6. The fraction of sp³-hybridized carbons (Fsp3) is 0.125. The molecule has 3 amide bonds. The van der Waals surface area contributed by atoms with Gasteiger partial charge < -0.3 is 14.8 Å². The van der Waals surface area contributed by atoms with Gasteiger partial charge in [-0.1, -0.05) is 29.3 Å². The summed E-state index contributed by atoms with van der Waals surface area (Å²) in [6, 6.07) is 10.8. The third-order valence-electron chi connectivity index (χ3n) is 2.88. The number of benzene rings is 2. The largest absolute Gasteiger partial charge is 0.497 e. The topological polar surface area (TPSA) is 76.7 Å². The second-order valence-corrected chi connectivity index (χ2v) is 5.36. The van der Waals surface area contributed by atoms with E-state index in [1.54, 1.807) is 49.6 Å². The molecule has 0 atom stereocenters. The van der Waals surface area contributed by atoms with Crippen molar-refractivity contribution in [1.82, 2.24) is 5.32 Å². The van der Waals surface area contributed by atoms with E-state index in [1.165, 1.54) is 0 Å². The summed E-state index contributed by atoms with van der Waals surface area (Å²) in [5.41, 5.74) is 0.514. The van der Waals surface area contributed by atoms with Crippen LogP contribution >= 0.6 is 23.2 Å². The van der Waals surface area contributed by atoms with Crippen molar-refractivity contribution in [2.75, 3.05) is 19.0 Å². The predicted molar refractivity (Wildman–Crippen MR) is 92.1 cm³/mol. The molecule has 8 heteroatoms. The first-order chi connectivity index (χ1) is 11.5. The predicted octanol–water partition coefficient (Wildman–Crippen LogP) is 3.73. The molecule has 0 aromatic heterocycles. The summed E-state index contributed by atoms with van der Waals surface area (Å²) < 4.78 is 10.2. The van der Waals surface area contributed by atoms with Crippen LogP contribution in [0.1, 0.15) is 0 Å². The van der Waals surface area contributed by atoms with Crippen LogP contribution in [0.15, 0.2) is 42.5 Å². The second kappa shape index (κ2) is 8.42. The molecule has 0 aliphatic carbocycles. The number of urea groups is 1. The first-order valence-corrected chi connectivity index (χ1v) is 7.57. The average Bonchev–Trinajstić information content (AvgIpc) is 2.57. The minimum absolute atomic E-state index is 0.203. The first kappa shape index (κ1) is 17.9. The summed E-state index contributed by atoms with van der Waals surface area (Å²) in [6.07, 6.45) is 0. The van der Waals surface area contributed by atoms with E-state index < -0.39 is 11.9 Å². The maximum Gasteiger partial charge on any atom is 0.325 e. The number of rotatable bonds is 5. The lowest BCUT2D eigenvalue weighted by Crippen LogP contribution is -2.37. The standard InChI is InChI=1S/C16H14Cl2N2O4/c1-23-11-7-5-10(6-8-11)19-16(22)20-14(21)9-24-13-4-2-3-12(17)15(13)18/h2-8H,9H2,1H3,(H2,19,20,21,22). The van der Waals surface area contributed by atoms with Gasteiger partial charge in [0.25, 0.3) is 5.91 Å². The molecule has 0 aliphatic rings. The van der Waals surface area contributed by atoms with Gasteiger partial charge in [0.15, 0.2) is 6.61 Å². The fourth-order valence-corrected chi connectivity index (χ4v) is 2.08. The molecule has 0 radical (unpaired) electrons. The number of halogens is 2. The number of amides is 3. The first-order valence-electron chi connectivity index (χ1n) is 6.81. The van der Waals surface area contributed by atoms with Crippen molar-refractivity contribution < 1.29 is 19.1 Å². The average molecular weight is 369 g/mol. The van der Waals surface area contributed by atoms with Crippen molar-refractivity contribution >= 4 is 40.8 Å². The van der Waals surface area contributed by atoms with E-state index in [-0.39, 0.29) is 17.4 Å². The molecule has 126 valence electrons. The van der Waals surface area contributed by atoms with Gasteiger partial charge in [0.1, 0.15) is 16.5 Å². The van der Waals surface area contributed by atoms with E-state index >= 15 is 0 Å². The van der Waals surface area contributed by atoms with Crippen LogP contribution in [0.25, 0.3) is 0 Å². The molecule has 0 bridgehead atoms. The highest BCUT2D eigenvalue weighted by atomic mass is 35.5. The minimum Gasteiger partial charge on any atom is -0.497 e. The van der Waals surface area contributed by atoms with Crippen LogP contribution in [0.3, 0.4) is 0 Å². The lowest BCUT2D eigenvalue weighted by Gasteiger charge is -2.10. The van der Waals surface area contributed by atoms with Crippen LogP contribution in [-0.2, 0) is 4.79 Å². The Morgan fingerprint density at radius 2 is 1.79 bits per heavy atom. The molecule has 2 aromatic rings. The van der Waals surface area contributed by atoms with Crippen LogP contribution in [0.4, 0.5) is 10.5 Å². The van der Waals surface area contributed by atoms with Gasteiger partial charge >= 0.3 is 6.03 Å². The van der Waals surface area contributed by atoms with Crippen LogP contribution in [-0.4, -0.2) is 25.7 Å². The number of nitrogens with one attached hydrogen (secondary N) is 2. The molecule has 0 fully saturated rings. The number of carbonyl (C=O) groups is 2. The van der Waals surface area contributed by atoms with Gasteiger partial charge in [0, 0.05) is 5.69 Å². The summed E-state index contributed by atoms with van der Waals surface area (Å²) in [6.45, 7) is -0.379. The highest BCUT2D eigenvalue weighted by molar-refractivity contribution is 6.42.